The molecular formula is C17H20O2S. The molecule has 0 aliphatic carbocycles. The minimum Gasteiger partial charge on any atom is -0.496 e. The third-order valence-electron chi connectivity index (χ3n) is 3.13. The van der Waals surface area contributed by atoms with E-state index >= 15 is 0 Å². The van der Waals surface area contributed by atoms with Crippen LogP contribution in [0.25, 0.3) is 12.2 Å². The summed E-state index contributed by atoms with van der Waals surface area (Å²) in [6.45, 7) is 4.28. The zero-order chi connectivity index (χ0) is 14.5. The predicted octanol–water partition coefficient (Wildman–Crippen LogP) is 5.06. The van der Waals surface area contributed by atoms with Crippen LogP contribution in [0.4, 0.5) is 0 Å². The van der Waals surface area contributed by atoms with Gasteiger partial charge in [-0.25, -0.2) is 0 Å². The van der Waals surface area contributed by atoms with Gasteiger partial charge in [-0.15, -0.1) is 11.3 Å². The first kappa shape index (κ1) is 14.7. The van der Waals surface area contributed by atoms with Gasteiger partial charge < -0.3 is 9.47 Å². The van der Waals surface area contributed by atoms with Crippen LogP contribution in [-0.2, 0) is 0 Å². The van der Waals surface area contributed by atoms with Gasteiger partial charge >= 0.3 is 0 Å². The van der Waals surface area contributed by atoms with Crippen molar-refractivity contribution in [1.82, 2.24) is 0 Å². The molecule has 0 fully saturated rings. The molecular weight excluding hydrogens is 268 g/mol. The van der Waals surface area contributed by atoms with E-state index in [0.717, 1.165) is 22.6 Å². The molecule has 2 nitrogen and oxygen atoms in total. The summed E-state index contributed by atoms with van der Waals surface area (Å²) >= 11 is 1.72. The molecule has 1 aromatic heterocycles. The van der Waals surface area contributed by atoms with E-state index in [0.29, 0.717) is 5.92 Å². The average Bonchev–Trinajstić information content (AvgIpc) is 2.96. The lowest BCUT2D eigenvalue weighted by atomic mass is 9.98. The maximum atomic E-state index is 5.52. The molecule has 0 atom stereocenters. The van der Waals surface area contributed by atoms with E-state index in [-0.39, 0.29) is 0 Å². The van der Waals surface area contributed by atoms with Crippen molar-refractivity contribution in [3.05, 3.63) is 45.6 Å². The van der Waals surface area contributed by atoms with Gasteiger partial charge in [0.25, 0.3) is 0 Å². The average molecular weight is 288 g/mol. The van der Waals surface area contributed by atoms with Gasteiger partial charge in [0.2, 0.25) is 0 Å². The number of methoxy groups -OCH3 is 2. The number of rotatable bonds is 5. The first-order valence-corrected chi connectivity index (χ1v) is 7.51. The zero-order valence-electron chi connectivity index (χ0n) is 12.3. The minimum absolute atomic E-state index is 0.357. The van der Waals surface area contributed by atoms with Crippen molar-refractivity contribution < 1.29 is 9.47 Å². The Bertz CT molecular complexity index is 558. The molecule has 1 heterocycles. The third kappa shape index (κ3) is 3.23. The van der Waals surface area contributed by atoms with Gasteiger partial charge in [-0.1, -0.05) is 26.0 Å². The highest BCUT2D eigenvalue weighted by atomic mass is 32.1. The van der Waals surface area contributed by atoms with Crippen LogP contribution >= 0.6 is 11.3 Å². The van der Waals surface area contributed by atoms with Crippen molar-refractivity contribution in [2.45, 2.75) is 19.8 Å². The summed E-state index contributed by atoms with van der Waals surface area (Å²) in [7, 11) is 3.40. The van der Waals surface area contributed by atoms with Gasteiger partial charge in [0.05, 0.1) is 14.2 Å². The largest absolute Gasteiger partial charge is 0.496 e. The van der Waals surface area contributed by atoms with E-state index in [2.05, 4.69) is 49.6 Å². The monoisotopic (exact) mass is 288 g/mol. The summed E-state index contributed by atoms with van der Waals surface area (Å²) in [5, 5.41) is 2.07. The second-order valence-electron chi connectivity index (χ2n) is 4.84. The molecule has 0 bridgehead atoms. The molecule has 2 rings (SSSR count). The molecule has 1 aromatic carbocycles. The molecule has 0 N–H and O–H groups in total. The van der Waals surface area contributed by atoms with Crippen LogP contribution in [0.2, 0.25) is 0 Å². The quantitative estimate of drug-likeness (QED) is 0.765. The lowest BCUT2D eigenvalue weighted by Gasteiger charge is -2.17. The molecule has 0 radical (unpaired) electrons. The minimum atomic E-state index is 0.357. The van der Waals surface area contributed by atoms with Crippen LogP contribution < -0.4 is 9.47 Å². The standard InChI is InChI=1S/C17H20O2S/c1-12(2)17-15(18-3)10-13(11-16(17)19-4)7-8-14-6-5-9-20-14/h5-12H,1-4H3/b8-7+. The van der Waals surface area contributed by atoms with E-state index in [1.165, 1.54) is 4.88 Å². The normalized spacial score (nSPS) is 11.2. The van der Waals surface area contributed by atoms with Crippen molar-refractivity contribution >= 4 is 23.5 Å². The Kier molecular flexibility index (Phi) is 4.85. The molecule has 0 aliphatic heterocycles. The van der Waals surface area contributed by atoms with E-state index in [1.807, 2.05) is 6.07 Å². The van der Waals surface area contributed by atoms with Gasteiger partial charge in [0.1, 0.15) is 11.5 Å². The Hall–Kier alpha value is -1.74. The second-order valence-corrected chi connectivity index (χ2v) is 5.82. The molecule has 0 saturated heterocycles. The van der Waals surface area contributed by atoms with Crippen LogP contribution in [-0.4, -0.2) is 14.2 Å². The Morgan fingerprint density at radius 1 is 1.05 bits per heavy atom. The topological polar surface area (TPSA) is 18.5 Å². The van der Waals surface area contributed by atoms with E-state index in [4.69, 9.17) is 9.47 Å². The fraction of sp³-hybridized carbons (Fsp3) is 0.294. The molecule has 0 unspecified atom stereocenters. The molecule has 0 amide bonds. The zero-order valence-corrected chi connectivity index (χ0v) is 13.2. The summed E-state index contributed by atoms with van der Waals surface area (Å²) < 4.78 is 11.0. The van der Waals surface area contributed by atoms with Crippen molar-refractivity contribution in [3.63, 3.8) is 0 Å². The first-order valence-electron chi connectivity index (χ1n) is 6.63. The highest BCUT2D eigenvalue weighted by Gasteiger charge is 2.14. The van der Waals surface area contributed by atoms with Crippen molar-refractivity contribution in [2.24, 2.45) is 0 Å². The van der Waals surface area contributed by atoms with Crippen LogP contribution in [0.15, 0.2) is 29.6 Å². The van der Waals surface area contributed by atoms with Crippen molar-refractivity contribution in [1.29, 1.82) is 0 Å². The molecule has 2 aromatic rings. The van der Waals surface area contributed by atoms with Crippen molar-refractivity contribution in [3.8, 4) is 11.5 Å². The Morgan fingerprint density at radius 3 is 2.15 bits per heavy atom. The number of hydrogen-bond acceptors (Lipinski definition) is 3. The Labute approximate surface area is 124 Å². The van der Waals surface area contributed by atoms with Crippen LogP contribution in [0.1, 0.15) is 35.8 Å². The van der Waals surface area contributed by atoms with Gasteiger partial charge in [0, 0.05) is 10.4 Å². The van der Waals surface area contributed by atoms with E-state index in [9.17, 15) is 0 Å². The van der Waals surface area contributed by atoms with Gasteiger partial charge in [0.15, 0.2) is 0 Å². The maximum absolute atomic E-state index is 5.52. The SMILES string of the molecule is COc1cc(/C=C/c2cccs2)cc(OC)c1C(C)C. The third-order valence-corrected chi connectivity index (χ3v) is 3.96. The summed E-state index contributed by atoms with van der Waals surface area (Å²) in [6.07, 6.45) is 4.19. The molecule has 0 spiro atoms. The summed E-state index contributed by atoms with van der Waals surface area (Å²) in [6, 6.07) is 8.26. The number of thiophene rings is 1. The van der Waals surface area contributed by atoms with Crippen LogP contribution in [0.5, 0.6) is 11.5 Å². The van der Waals surface area contributed by atoms with Crippen molar-refractivity contribution in [2.75, 3.05) is 14.2 Å². The first-order chi connectivity index (χ1) is 9.65. The maximum Gasteiger partial charge on any atom is 0.126 e. The number of benzene rings is 1. The van der Waals surface area contributed by atoms with E-state index < -0.39 is 0 Å². The smallest absolute Gasteiger partial charge is 0.126 e. The number of hydrogen-bond donors (Lipinski definition) is 0. The summed E-state index contributed by atoms with van der Waals surface area (Å²) in [4.78, 5) is 1.23. The van der Waals surface area contributed by atoms with Crippen LogP contribution in [0.3, 0.4) is 0 Å². The predicted molar refractivity (Wildman–Crippen MR) is 86.9 cm³/mol. The Morgan fingerprint density at radius 2 is 1.70 bits per heavy atom. The molecule has 0 saturated carbocycles. The van der Waals surface area contributed by atoms with Gasteiger partial charge in [-0.05, 0) is 41.1 Å². The molecule has 106 valence electrons. The summed E-state index contributed by atoms with van der Waals surface area (Å²) in [5.74, 6) is 2.12. The highest BCUT2D eigenvalue weighted by molar-refractivity contribution is 7.10. The molecule has 20 heavy (non-hydrogen) atoms. The van der Waals surface area contributed by atoms with Gasteiger partial charge in [-0.2, -0.15) is 0 Å². The fourth-order valence-electron chi connectivity index (χ4n) is 2.19. The lowest BCUT2D eigenvalue weighted by Crippen LogP contribution is -1.99. The number of ether oxygens (including phenoxy) is 2. The van der Waals surface area contributed by atoms with Gasteiger partial charge in [-0.3, -0.25) is 0 Å². The molecule has 3 heteroatoms. The fourth-order valence-corrected chi connectivity index (χ4v) is 2.81. The summed E-state index contributed by atoms with van der Waals surface area (Å²) in [5.41, 5.74) is 2.19. The second kappa shape index (κ2) is 6.62. The van der Waals surface area contributed by atoms with E-state index in [1.54, 1.807) is 25.6 Å². The Balaban J connectivity index is 2.40. The van der Waals surface area contributed by atoms with Crippen LogP contribution in [0, 0.1) is 0 Å². The lowest BCUT2D eigenvalue weighted by molar-refractivity contribution is 0.382. The highest BCUT2D eigenvalue weighted by Crippen LogP contribution is 2.36. The molecule has 0 aliphatic rings.